The van der Waals surface area contributed by atoms with Crippen LogP contribution < -0.4 is 4.90 Å². The van der Waals surface area contributed by atoms with E-state index in [4.69, 9.17) is 0 Å². The Hall–Kier alpha value is -1.65. The van der Waals surface area contributed by atoms with Crippen LogP contribution in [0, 0.1) is 5.41 Å². The number of piperidine rings is 1. The van der Waals surface area contributed by atoms with Gasteiger partial charge < -0.3 is 9.64 Å². The fourth-order valence-corrected chi connectivity index (χ4v) is 2.04. The summed E-state index contributed by atoms with van der Waals surface area (Å²) in [5, 5.41) is 0. The summed E-state index contributed by atoms with van der Waals surface area (Å²) >= 11 is 0. The van der Waals surface area contributed by atoms with Crippen LogP contribution in [0.2, 0.25) is 0 Å². The molecular weight excluding hydrogens is 230 g/mol. The number of esters is 1. The molecule has 1 aromatic rings. The Morgan fingerprint density at radius 1 is 1.28 bits per heavy atom. The molecule has 5 nitrogen and oxygen atoms in total. The number of carbonyl (C=O) groups is 1. The molecule has 0 N–H and O–H groups in total. The van der Waals surface area contributed by atoms with Crippen molar-refractivity contribution in [3.63, 3.8) is 0 Å². The van der Waals surface area contributed by atoms with Crippen LogP contribution in [0.4, 0.5) is 5.82 Å². The van der Waals surface area contributed by atoms with Gasteiger partial charge in [0.1, 0.15) is 5.82 Å². The molecule has 1 aromatic heterocycles. The topological polar surface area (TPSA) is 55.3 Å². The van der Waals surface area contributed by atoms with Crippen LogP contribution in [0.15, 0.2) is 12.4 Å². The fourth-order valence-electron chi connectivity index (χ4n) is 2.04. The number of hydrogen-bond acceptors (Lipinski definition) is 5. The zero-order valence-electron chi connectivity index (χ0n) is 11.1. The third-order valence-electron chi connectivity index (χ3n) is 3.47. The molecule has 2 heterocycles. The quantitative estimate of drug-likeness (QED) is 0.749. The van der Waals surface area contributed by atoms with Gasteiger partial charge in [-0.25, -0.2) is 14.8 Å². The van der Waals surface area contributed by atoms with Crippen LogP contribution in [0.3, 0.4) is 0 Å². The number of nitrogens with zero attached hydrogens (tertiary/aromatic N) is 3. The molecule has 18 heavy (non-hydrogen) atoms. The summed E-state index contributed by atoms with van der Waals surface area (Å²) in [5.41, 5.74) is 0.661. The number of hydrogen-bond donors (Lipinski definition) is 0. The summed E-state index contributed by atoms with van der Waals surface area (Å²) in [6.07, 6.45) is 5.41. The normalized spacial score (nSPS) is 18.5. The number of rotatable bonds is 2. The van der Waals surface area contributed by atoms with Gasteiger partial charge in [0.2, 0.25) is 0 Å². The molecule has 0 bridgehead atoms. The largest absolute Gasteiger partial charge is 0.464 e. The molecule has 1 aliphatic rings. The zero-order valence-corrected chi connectivity index (χ0v) is 11.1. The average molecular weight is 249 g/mol. The first-order valence-corrected chi connectivity index (χ1v) is 6.17. The highest BCUT2D eigenvalue weighted by atomic mass is 16.5. The lowest BCUT2D eigenvalue weighted by Gasteiger charge is -2.37. The van der Waals surface area contributed by atoms with Crippen molar-refractivity contribution < 1.29 is 9.53 Å². The van der Waals surface area contributed by atoms with Crippen LogP contribution in [-0.2, 0) is 4.74 Å². The van der Waals surface area contributed by atoms with Crippen LogP contribution >= 0.6 is 0 Å². The van der Waals surface area contributed by atoms with Crippen molar-refractivity contribution in [2.75, 3.05) is 25.1 Å². The summed E-state index contributed by atoms with van der Waals surface area (Å²) in [7, 11) is 1.34. The minimum absolute atomic E-state index is 0.249. The van der Waals surface area contributed by atoms with Gasteiger partial charge in [-0.15, -0.1) is 0 Å². The molecule has 98 valence electrons. The van der Waals surface area contributed by atoms with E-state index in [1.807, 2.05) is 0 Å². The van der Waals surface area contributed by atoms with Crippen LogP contribution in [0.25, 0.3) is 0 Å². The SMILES string of the molecule is COC(=O)c1cnc(N2CCC(C)(C)CC2)cn1. The van der Waals surface area contributed by atoms with Crippen molar-refractivity contribution in [1.29, 1.82) is 0 Å². The van der Waals surface area contributed by atoms with Gasteiger partial charge >= 0.3 is 5.97 Å². The Balaban J connectivity index is 2.04. The number of aromatic nitrogens is 2. The van der Waals surface area contributed by atoms with Crippen molar-refractivity contribution in [2.45, 2.75) is 26.7 Å². The molecule has 0 atom stereocenters. The second kappa shape index (κ2) is 4.92. The average Bonchev–Trinajstić information content (AvgIpc) is 2.38. The Kier molecular flexibility index (Phi) is 3.50. The Labute approximate surface area is 107 Å². The maximum atomic E-state index is 11.2. The lowest BCUT2D eigenvalue weighted by atomic mass is 9.83. The van der Waals surface area contributed by atoms with Gasteiger partial charge in [0.25, 0.3) is 0 Å². The van der Waals surface area contributed by atoms with E-state index >= 15 is 0 Å². The highest BCUT2D eigenvalue weighted by Gasteiger charge is 2.26. The van der Waals surface area contributed by atoms with Gasteiger partial charge in [0.15, 0.2) is 5.69 Å². The first-order chi connectivity index (χ1) is 8.52. The third kappa shape index (κ3) is 2.78. The number of ether oxygens (including phenoxy) is 1. The molecule has 1 fully saturated rings. The van der Waals surface area contributed by atoms with Gasteiger partial charge in [-0.3, -0.25) is 0 Å². The smallest absolute Gasteiger partial charge is 0.358 e. The lowest BCUT2D eigenvalue weighted by molar-refractivity contribution is 0.0593. The minimum Gasteiger partial charge on any atom is -0.464 e. The number of anilines is 1. The Morgan fingerprint density at radius 2 is 1.94 bits per heavy atom. The number of carbonyl (C=O) groups excluding carboxylic acids is 1. The van der Waals surface area contributed by atoms with Gasteiger partial charge in [-0.05, 0) is 18.3 Å². The molecule has 0 saturated carbocycles. The van der Waals surface area contributed by atoms with Crippen LogP contribution in [0.5, 0.6) is 0 Å². The van der Waals surface area contributed by atoms with E-state index in [-0.39, 0.29) is 5.69 Å². The zero-order chi connectivity index (χ0) is 13.2. The van der Waals surface area contributed by atoms with E-state index in [0.717, 1.165) is 31.7 Å². The van der Waals surface area contributed by atoms with Crippen molar-refractivity contribution >= 4 is 11.8 Å². The molecule has 0 amide bonds. The summed E-state index contributed by atoms with van der Waals surface area (Å²) in [4.78, 5) is 21.8. The molecule has 0 spiro atoms. The van der Waals surface area contributed by atoms with Gasteiger partial charge in [-0.2, -0.15) is 0 Å². The first-order valence-electron chi connectivity index (χ1n) is 6.17. The molecule has 0 aliphatic carbocycles. The van der Waals surface area contributed by atoms with Gasteiger partial charge in [0, 0.05) is 13.1 Å². The Morgan fingerprint density at radius 3 is 2.44 bits per heavy atom. The molecule has 0 unspecified atom stereocenters. The summed E-state index contributed by atoms with van der Waals surface area (Å²) in [5.74, 6) is 0.381. The fraction of sp³-hybridized carbons (Fsp3) is 0.615. The van der Waals surface area contributed by atoms with Crippen molar-refractivity contribution in [1.82, 2.24) is 9.97 Å². The first kappa shape index (κ1) is 12.8. The van der Waals surface area contributed by atoms with E-state index in [2.05, 4.69) is 33.5 Å². The molecule has 5 heteroatoms. The van der Waals surface area contributed by atoms with E-state index in [1.165, 1.54) is 13.3 Å². The number of methoxy groups -OCH3 is 1. The minimum atomic E-state index is -0.450. The molecular formula is C13H19N3O2. The standard InChI is InChI=1S/C13H19N3O2/c1-13(2)4-6-16(7-5-13)11-9-14-10(8-15-11)12(17)18-3/h8-9H,4-7H2,1-3H3. The second-order valence-electron chi connectivity index (χ2n) is 5.40. The molecule has 1 saturated heterocycles. The van der Waals surface area contributed by atoms with E-state index in [1.54, 1.807) is 6.20 Å². The van der Waals surface area contributed by atoms with Crippen molar-refractivity contribution in [2.24, 2.45) is 5.41 Å². The molecule has 0 aromatic carbocycles. The Bertz CT molecular complexity index is 418. The summed E-state index contributed by atoms with van der Waals surface area (Å²) in [6.45, 7) is 6.55. The molecule has 2 rings (SSSR count). The molecule has 1 aliphatic heterocycles. The van der Waals surface area contributed by atoms with Gasteiger partial charge in [0.05, 0.1) is 19.5 Å². The van der Waals surface area contributed by atoms with E-state index in [9.17, 15) is 4.79 Å². The predicted octanol–water partition coefficient (Wildman–Crippen LogP) is 1.89. The van der Waals surface area contributed by atoms with Crippen LogP contribution in [-0.4, -0.2) is 36.1 Å². The maximum absolute atomic E-state index is 11.2. The summed E-state index contributed by atoms with van der Waals surface area (Å²) < 4.78 is 4.59. The van der Waals surface area contributed by atoms with Gasteiger partial charge in [-0.1, -0.05) is 13.8 Å². The van der Waals surface area contributed by atoms with Crippen molar-refractivity contribution in [3.05, 3.63) is 18.1 Å². The van der Waals surface area contributed by atoms with Crippen molar-refractivity contribution in [3.8, 4) is 0 Å². The monoisotopic (exact) mass is 249 g/mol. The van der Waals surface area contributed by atoms with Crippen LogP contribution in [0.1, 0.15) is 37.2 Å². The highest BCUT2D eigenvalue weighted by molar-refractivity contribution is 5.86. The van der Waals surface area contributed by atoms with E-state index in [0.29, 0.717) is 5.41 Å². The molecule has 0 radical (unpaired) electrons. The summed E-state index contributed by atoms with van der Waals surface area (Å²) in [6, 6.07) is 0. The highest BCUT2D eigenvalue weighted by Crippen LogP contribution is 2.31. The third-order valence-corrected chi connectivity index (χ3v) is 3.47. The lowest BCUT2D eigenvalue weighted by Crippen LogP contribution is -2.37. The predicted molar refractivity (Wildman–Crippen MR) is 68.6 cm³/mol. The maximum Gasteiger partial charge on any atom is 0.358 e. The van der Waals surface area contributed by atoms with E-state index < -0.39 is 5.97 Å². The second-order valence-corrected chi connectivity index (χ2v) is 5.40.